The van der Waals surface area contributed by atoms with Gasteiger partial charge in [-0.15, -0.1) is 0 Å². The molecule has 2 atom stereocenters. The minimum absolute atomic E-state index is 0.0229. The maximum Gasteiger partial charge on any atom is 0.397 e. The number of pyridine rings is 1. The summed E-state index contributed by atoms with van der Waals surface area (Å²) in [6.07, 6.45) is -1.61. The number of amides is 1. The molecule has 0 aliphatic carbocycles. The van der Waals surface area contributed by atoms with Crippen molar-refractivity contribution in [3.63, 3.8) is 0 Å². The third-order valence-electron chi connectivity index (χ3n) is 4.91. The number of nitrogens with zero attached hydrogens (tertiary/aromatic N) is 3. The third kappa shape index (κ3) is 4.46. The number of fused-ring (bicyclic) bond motifs is 1. The second-order valence-electron chi connectivity index (χ2n) is 7.16. The first-order valence-electron chi connectivity index (χ1n) is 8.93. The van der Waals surface area contributed by atoms with Crippen LogP contribution in [0.5, 0.6) is 0 Å². The molecule has 4 nitrogen and oxygen atoms in total. The van der Waals surface area contributed by atoms with Gasteiger partial charge in [0.2, 0.25) is 5.91 Å². The lowest BCUT2D eigenvalue weighted by Crippen LogP contribution is -2.43. The van der Waals surface area contributed by atoms with E-state index in [2.05, 4.69) is 9.98 Å². The van der Waals surface area contributed by atoms with E-state index in [1.165, 1.54) is 4.90 Å². The van der Waals surface area contributed by atoms with Crippen LogP contribution in [-0.4, -0.2) is 48.3 Å². The number of aliphatic imine (C=N–C) groups is 1. The molecule has 0 N–H and O–H groups in total. The number of carbonyl (C=O) groups is 1. The van der Waals surface area contributed by atoms with E-state index in [0.717, 1.165) is 28.5 Å². The minimum Gasteiger partial charge on any atom is -0.342 e. The molecule has 0 spiro atoms. The standard InChI is InChI=1S/C20H22F3N3O/c1-13-8-15(12-26(11-13)18(27)9-20(21,22)23)16-6-5-14(10-24-2)19-17(16)4-3-7-25-19/h3-7,10,13,15H,8-9,11-12H2,1-2H3/b24-10-/t13?,15-/m0/s1. The van der Waals surface area contributed by atoms with Gasteiger partial charge in [-0.25, -0.2) is 0 Å². The van der Waals surface area contributed by atoms with Gasteiger partial charge in [0.05, 0.1) is 5.52 Å². The van der Waals surface area contributed by atoms with Crippen LogP contribution in [0.3, 0.4) is 0 Å². The summed E-state index contributed by atoms with van der Waals surface area (Å²) in [4.78, 5) is 22.0. The molecule has 1 aliphatic rings. The van der Waals surface area contributed by atoms with Crippen LogP contribution < -0.4 is 0 Å². The van der Waals surface area contributed by atoms with E-state index in [4.69, 9.17) is 0 Å². The van der Waals surface area contributed by atoms with E-state index in [9.17, 15) is 18.0 Å². The van der Waals surface area contributed by atoms with Gasteiger partial charge in [-0.3, -0.25) is 14.8 Å². The van der Waals surface area contributed by atoms with Crippen molar-refractivity contribution in [3.8, 4) is 0 Å². The lowest BCUT2D eigenvalue weighted by atomic mass is 9.83. The fourth-order valence-corrected chi connectivity index (χ4v) is 3.88. The van der Waals surface area contributed by atoms with Crippen LogP contribution in [0.15, 0.2) is 35.5 Å². The quantitative estimate of drug-likeness (QED) is 0.753. The number of rotatable bonds is 3. The fraction of sp³-hybridized carbons (Fsp3) is 0.450. The summed E-state index contributed by atoms with van der Waals surface area (Å²) in [5.41, 5.74) is 2.72. The Balaban J connectivity index is 1.94. The summed E-state index contributed by atoms with van der Waals surface area (Å²) in [6, 6.07) is 7.72. The van der Waals surface area contributed by atoms with Gasteiger partial charge in [-0.05, 0) is 24.0 Å². The number of halogens is 3. The van der Waals surface area contributed by atoms with Crippen LogP contribution in [0.25, 0.3) is 10.9 Å². The molecule has 144 valence electrons. The van der Waals surface area contributed by atoms with E-state index >= 15 is 0 Å². The van der Waals surface area contributed by atoms with E-state index in [1.807, 2.05) is 31.2 Å². The predicted molar refractivity (Wildman–Crippen MR) is 99.0 cm³/mol. The summed E-state index contributed by atoms with van der Waals surface area (Å²) < 4.78 is 37.9. The largest absolute Gasteiger partial charge is 0.397 e. The highest BCUT2D eigenvalue weighted by molar-refractivity contribution is 5.99. The molecule has 2 heterocycles. The van der Waals surface area contributed by atoms with E-state index in [1.54, 1.807) is 19.5 Å². The minimum atomic E-state index is -4.48. The highest BCUT2D eigenvalue weighted by Gasteiger charge is 2.36. The highest BCUT2D eigenvalue weighted by Crippen LogP contribution is 2.35. The summed E-state index contributed by atoms with van der Waals surface area (Å²) >= 11 is 0. The second-order valence-corrected chi connectivity index (χ2v) is 7.16. The Kier molecular flexibility index (Phi) is 5.48. The molecule has 1 amide bonds. The van der Waals surface area contributed by atoms with Gasteiger partial charge in [0, 0.05) is 49.4 Å². The first-order valence-corrected chi connectivity index (χ1v) is 8.93. The molecule has 1 aromatic heterocycles. The van der Waals surface area contributed by atoms with Gasteiger partial charge >= 0.3 is 6.18 Å². The van der Waals surface area contributed by atoms with Crippen LogP contribution in [0.2, 0.25) is 0 Å². The monoisotopic (exact) mass is 377 g/mol. The molecule has 0 saturated carbocycles. The summed E-state index contributed by atoms with van der Waals surface area (Å²) in [7, 11) is 1.69. The lowest BCUT2D eigenvalue weighted by molar-refractivity contribution is -0.162. The first kappa shape index (κ1) is 19.3. The highest BCUT2D eigenvalue weighted by atomic mass is 19.4. The maximum absolute atomic E-state index is 12.6. The Labute approximate surface area is 156 Å². The van der Waals surface area contributed by atoms with Crippen molar-refractivity contribution in [3.05, 3.63) is 41.6 Å². The average Bonchev–Trinajstić information content (AvgIpc) is 2.60. The zero-order valence-electron chi connectivity index (χ0n) is 15.3. The van der Waals surface area contributed by atoms with E-state index in [-0.39, 0.29) is 11.8 Å². The Hall–Kier alpha value is -2.44. The molecular weight excluding hydrogens is 355 g/mol. The number of alkyl halides is 3. The molecule has 1 aliphatic heterocycles. The number of likely N-dealkylation sites (tertiary alicyclic amines) is 1. The molecule has 1 saturated heterocycles. The zero-order chi connectivity index (χ0) is 19.6. The number of aromatic nitrogens is 1. The van der Waals surface area contributed by atoms with Gasteiger partial charge in [0.1, 0.15) is 6.42 Å². The van der Waals surface area contributed by atoms with E-state index < -0.39 is 18.5 Å². The van der Waals surface area contributed by atoms with Gasteiger partial charge in [0.15, 0.2) is 0 Å². The van der Waals surface area contributed by atoms with Gasteiger partial charge in [0.25, 0.3) is 0 Å². The van der Waals surface area contributed by atoms with Crippen molar-refractivity contribution < 1.29 is 18.0 Å². The molecular formula is C20H22F3N3O. The summed E-state index contributed by atoms with van der Waals surface area (Å²) in [5.74, 6) is -0.744. The predicted octanol–water partition coefficient (Wildman–Crippen LogP) is 4.19. The Morgan fingerprint density at radius 2 is 2.11 bits per heavy atom. The normalized spacial score (nSPS) is 21.1. The molecule has 1 aromatic carbocycles. The van der Waals surface area contributed by atoms with Crippen LogP contribution in [0, 0.1) is 5.92 Å². The molecule has 7 heteroatoms. The van der Waals surface area contributed by atoms with Crippen molar-refractivity contribution in [2.24, 2.45) is 10.9 Å². The molecule has 0 radical (unpaired) electrons. The molecule has 1 unspecified atom stereocenters. The summed E-state index contributed by atoms with van der Waals surface area (Å²) in [6.45, 7) is 2.63. The second kappa shape index (κ2) is 7.66. The van der Waals surface area contributed by atoms with Crippen LogP contribution in [0.1, 0.15) is 36.8 Å². The topological polar surface area (TPSA) is 45.6 Å². The number of benzene rings is 1. The Morgan fingerprint density at radius 3 is 2.81 bits per heavy atom. The Bertz CT molecular complexity index is 863. The molecule has 0 bridgehead atoms. The number of hydrogen-bond donors (Lipinski definition) is 0. The first-order chi connectivity index (χ1) is 12.8. The molecule has 1 fully saturated rings. The van der Waals surface area contributed by atoms with Crippen molar-refractivity contribution in [2.75, 3.05) is 20.1 Å². The van der Waals surface area contributed by atoms with Crippen molar-refractivity contribution >= 4 is 23.0 Å². The zero-order valence-corrected chi connectivity index (χ0v) is 15.3. The smallest absolute Gasteiger partial charge is 0.342 e. The molecule has 3 rings (SSSR count). The molecule has 27 heavy (non-hydrogen) atoms. The van der Waals surface area contributed by atoms with Crippen LogP contribution >= 0.6 is 0 Å². The molecule has 2 aromatic rings. The number of piperidine rings is 1. The maximum atomic E-state index is 12.6. The van der Waals surface area contributed by atoms with Crippen molar-refractivity contribution in [1.29, 1.82) is 0 Å². The van der Waals surface area contributed by atoms with Gasteiger partial charge in [-0.2, -0.15) is 13.2 Å². The summed E-state index contributed by atoms with van der Waals surface area (Å²) in [5, 5.41) is 0.956. The lowest BCUT2D eigenvalue weighted by Gasteiger charge is -2.37. The average molecular weight is 377 g/mol. The number of hydrogen-bond acceptors (Lipinski definition) is 3. The van der Waals surface area contributed by atoms with Crippen molar-refractivity contribution in [2.45, 2.75) is 31.9 Å². The van der Waals surface area contributed by atoms with Crippen molar-refractivity contribution in [1.82, 2.24) is 9.88 Å². The van der Waals surface area contributed by atoms with E-state index in [0.29, 0.717) is 13.1 Å². The van der Waals surface area contributed by atoms with Gasteiger partial charge in [-0.1, -0.05) is 25.1 Å². The third-order valence-corrected chi connectivity index (χ3v) is 4.91. The SMILES string of the molecule is C/N=C\c1ccc([C@H]2CC(C)CN(C(=O)CC(F)(F)F)C2)c2cccnc12. The van der Waals surface area contributed by atoms with Crippen LogP contribution in [-0.2, 0) is 4.79 Å². The van der Waals surface area contributed by atoms with Gasteiger partial charge < -0.3 is 4.90 Å². The van der Waals surface area contributed by atoms with Crippen LogP contribution in [0.4, 0.5) is 13.2 Å². The number of carbonyl (C=O) groups excluding carboxylic acids is 1. The Morgan fingerprint density at radius 1 is 1.33 bits per heavy atom. The fourth-order valence-electron chi connectivity index (χ4n) is 3.88.